The van der Waals surface area contributed by atoms with Crippen molar-refractivity contribution in [3.05, 3.63) is 51.7 Å². The first-order valence-electron chi connectivity index (χ1n) is 9.85. The fraction of sp³-hybridized carbons (Fsp3) is 0.391. The van der Waals surface area contributed by atoms with Crippen molar-refractivity contribution in [2.45, 2.75) is 33.6 Å². The molecule has 2 aromatic rings. The molecular weight excluding hydrogens is 386 g/mol. The molecule has 0 spiro atoms. The predicted octanol–water partition coefficient (Wildman–Crippen LogP) is 5.53. The van der Waals surface area contributed by atoms with Gasteiger partial charge in [-0.25, -0.2) is 4.79 Å². The molecule has 0 N–H and O–H groups in total. The smallest absolute Gasteiger partial charge is 0.375 e. The van der Waals surface area contributed by atoms with Gasteiger partial charge >= 0.3 is 5.97 Å². The average molecular weight is 410 g/mol. The Bertz CT molecular complexity index is 1040. The van der Waals surface area contributed by atoms with E-state index in [2.05, 4.69) is 32.0 Å². The summed E-state index contributed by atoms with van der Waals surface area (Å²) in [6, 6.07) is 9.54. The molecule has 0 saturated heterocycles. The number of hydrogen-bond donors (Lipinski definition) is 0. The third-order valence-electron chi connectivity index (χ3n) is 7.06. The molecule has 2 saturated carbocycles. The lowest BCUT2D eigenvalue weighted by molar-refractivity contribution is 0.0515. The Labute approximate surface area is 174 Å². The number of carbonyl (C=O) groups excluding carboxylic acids is 1. The van der Waals surface area contributed by atoms with Crippen LogP contribution in [-0.4, -0.2) is 18.5 Å². The lowest BCUT2D eigenvalue weighted by atomic mass is 9.70. The van der Waals surface area contributed by atoms with Gasteiger partial charge < -0.3 is 14.3 Å². The van der Waals surface area contributed by atoms with Crippen molar-refractivity contribution in [3.63, 3.8) is 0 Å². The zero-order valence-corrected chi connectivity index (χ0v) is 17.5. The number of rotatable bonds is 3. The molecule has 0 unspecified atom stereocenters. The molecule has 2 atom stereocenters. The van der Waals surface area contributed by atoms with E-state index in [1.165, 1.54) is 11.3 Å². The van der Waals surface area contributed by atoms with Crippen LogP contribution in [0.3, 0.4) is 0 Å². The topological polar surface area (TPSA) is 57.1 Å². The van der Waals surface area contributed by atoms with Crippen LogP contribution in [-0.2, 0) is 4.84 Å². The maximum atomic E-state index is 12.4. The van der Waals surface area contributed by atoms with Gasteiger partial charge in [0.15, 0.2) is 11.5 Å². The Kier molecular flexibility index (Phi) is 4.10. The molecule has 6 heteroatoms. The van der Waals surface area contributed by atoms with E-state index in [4.69, 9.17) is 14.3 Å². The molecule has 2 heterocycles. The van der Waals surface area contributed by atoms with Crippen LogP contribution in [0.25, 0.3) is 6.08 Å². The maximum Gasteiger partial charge on any atom is 0.375 e. The summed E-state index contributed by atoms with van der Waals surface area (Å²) in [4.78, 5) is 18.3. The van der Waals surface area contributed by atoms with E-state index in [0.717, 1.165) is 41.2 Å². The minimum Gasteiger partial charge on any atom is -0.454 e. The number of hydrogen-bond acceptors (Lipinski definition) is 6. The van der Waals surface area contributed by atoms with Crippen molar-refractivity contribution in [3.8, 4) is 11.5 Å². The molecule has 3 aliphatic rings. The Balaban J connectivity index is 1.53. The number of thiophene rings is 1. The average Bonchev–Trinajstić information content (AvgIpc) is 3.44. The summed E-state index contributed by atoms with van der Waals surface area (Å²) in [7, 11) is 0. The zero-order valence-electron chi connectivity index (χ0n) is 16.7. The number of benzene rings is 1. The monoisotopic (exact) mass is 409 g/mol. The second kappa shape index (κ2) is 6.46. The van der Waals surface area contributed by atoms with Crippen LogP contribution in [0.1, 0.15) is 48.8 Å². The molecule has 1 aromatic carbocycles. The van der Waals surface area contributed by atoms with E-state index in [1.54, 1.807) is 6.07 Å². The van der Waals surface area contributed by atoms with E-state index in [9.17, 15) is 4.79 Å². The van der Waals surface area contributed by atoms with E-state index in [1.807, 2.05) is 29.6 Å². The van der Waals surface area contributed by atoms with E-state index < -0.39 is 5.97 Å². The molecule has 0 radical (unpaired) electrons. The van der Waals surface area contributed by atoms with Gasteiger partial charge in [-0.15, -0.1) is 11.3 Å². The molecule has 2 bridgehead atoms. The van der Waals surface area contributed by atoms with E-state index >= 15 is 0 Å². The summed E-state index contributed by atoms with van der Waals surface area (Å²) in [5.41, 5.74) is 3.00. The number of ether oxygens (including phenoxy) is 2. The second-order valence-corrected chi connectivity index (χ2v) is 9.60. The molecule has 29 heavy (non-hydrogen) atoms. The van der Waals surface area contributed by atoms with Crippen molar-refractivity contribution in [2.24, 2.45) is 21.9 Å². The largest absolute Gasteiger partial charge is 0.454 e. The van der Waals surface area contributed by atoms with Gasteiger partial charge in [0.2, 0.25) is 6.79 Å². The number of nitrogens with zero attached hydrogens (tertiary/aromatic N) is 1. The quantitative estimate of drug-likeness (QED) is 0.494. The van der Waals surface area contributed by atoms with Gasteiger partial charge in [-0.05, 0) is 65.0 Å². The first-order chi connectivity index (χ1) is 13.9. The predicted molar refractivity (Wildman–Crippen MR) is 112 cm³/mol. The molecule has 150 valence electrons. The summed E-state index contributed by atoms with van der Waals surface area (Å²) in [6.07, 6.45) is 4.31. The fourth-order valence-corrected chi connectivity index (χ4v) is 5.58. The molecule has 1 aliphatic heterocycles. The van der Waals surface area contributed by atoms with Crippen LogP contribution in [0.15, 0.2) is 46.4 Å². The number of allylic oxidation sites excluding steroid dienone is 1. The lowest BCUT2D eigenvalue weighted by Crippen LogP contribution is -2.33. The maximum absolute atomic E-state index is 12.4. The second-order valence-electron chi connectivity index (χ2n) is 8.65. The fourth-order valence-electron chi connectivity index (χ4n) is 4.98. The highest BCUT2D eigenvalue weighted by Gasteiger charge is 2.63. The molecule has 5 nitrogen and oxygen atoms in total. The van der Waals surface area contributed by atoms with Crippen molar-refractivity contribution in [1.29, 1.82) is 0 Å². The van der Waals surface area contributed by atoms with Gasteiger partial charge in [0, 0.05) is 5.41 Å². The highest BCUT2D eigenvalue weighted by molar-refractivity contribution is 7.11. The first-order valence-corrected chi connectivity index (χ1v) is 10.7. The highest BCUT2D eigenvalue weighted by atomic mass is 32.1. The van der Waals surface area contributed by atoms with E-state index in [0.29, 0.717) is 10.8 Å². The van der Waals surface area contributed by atoms with Crippen LogP contribution in [0, 0.1) is 16.7 Å². The van der Waals surface area contributed by atoms with Crippen LogP contribution in [0.4, 0.5) is 0 Å². The standard InChI is InChI=1S/C23H23NO4S/c1-22(2)16-8-9-23(22,3)20(24-28-21(25)19-5-4-10-29-19)15(16)11-14-6-7-17-18(12-14)27-13-26-17/h4-7,10-12,16H,8-9,13H2,1-3H3/b15-11+,24-20+/t16-,23-/m1/s1. The van der Waals surface area contributed by atoms with Crippen molar-refractivity contribution in [1.82, 2.24) is 0 Å². The molecule has 5 rings (SSSR count). The lowest BCUT2D eigenvalue weighted by Gasteiger charge is -2.33. The third kappa shape index (κ3) is 2.73. The van der Waals surface area contributed by atoms with Gasteiger partial charge in [-0.2, -0.15) is 0 Å². The zero-order chi connectivity index (χ0) is 20.2. The SMILES string of the molecule is CC1(C)[C@@H]2CC[C@]1(C)C(=N/OC(=O)c1cccs1)/C2=C/c1ccc2c(c1)OCO2. The normalized spacial score (nSPS) is 29.0. The van der Waals surface area contributed by atoms with Crippen molar-refractivity contribution < 1.29 is 19.1 Å². The number of oxime groups is 1. The Morgan fingerprint density at radius 2 is 2.07 bits per heavy atom. The highest BCUT2D eigenvalue weighted by Crippen LogP contribution is 2.66. The molecule has 1 aromatic heterocycles. The van der Waals surface area contributed by atoms with Gasteiger partial charge in [-0.3, -0.25) is 0 Å². The van der Waals surface area contributed by atoms with E-state index in [-0.39, 0.29) is 17.6 Å². The molecule has 2 aliphatic carbocycles. The van der Waals surface area contributed by atoms with Crippen LogP contribution in [0.2, 0.25) is 0 Å². The summed E-state index contributed by atoms with van der Waals surface area (Å²) in [5.74, 6) is 1.50. The third-order valence-corrected chi connectivity index (χ3v) is 7.91. The van der Waals surface area contributed by atoms with Crippen LogP contribution in [0.5, 0.6) is 11.5 Å². The van der Waals surface area contributed by atoms with Gasteiger partial charge in [0.25, 0.3) is 0 Å². The van der Waals surface area contributed by atoms with Gasteiger partial charge in [0.1, 0.15) is 4.88 Å². The summed E-state index contributed by atoms with van der Waals surface area (Å²) in [6.45, 7) is 7.09. The summed E-state index contributed by atoms with van der Waals surface area (Å²) >= 11 is 1.36. The van der Waals surface area contributed by atoms with Gasteiger partial charge in [-0.1, -0.05) is 38.1 Å². The van der Waals surface area contributed by atoms with Crippen molar-refractivity contribution in [2.75, 3.05) is 6.79 Å². The molecular formula is C23H23NO4S. The molecule has 0 amide bonds. The molecule has 2 fully saturated rings. The van der Waals surface area contributed by atoms with Crippen LogP contribution >= 0.6 is 11.3 Å². The van der Waals surface area contributed by atoms with Crippen molar-refractivity contribution >= 4 is 29.1 Å². The van der Waals surface area contributed by atoms with Crippen LogP contribution < -0.4 is 9.47 Å². The Hall–Kier alpha value is -2.60. The number of fused-ring (bicyclic) bond motifs is 3. The Morgan fingerprint density at radius 3 is 2.86 bits per heavy atom. The Morgan fingerprint density at radius 1 is 1.24 bits per heavy atom. The summed E-state index contributed by atoms with van der Waals surface area (Å²) < 4.78 is 10.9. The number of carbonyl (C=O) groups is 1. The minimum atomic E-state index is -0.404. The minimum absolute atomic E-state index is 0.0450. The first kappa shape index (κ1) is 18.4. The van der Waals surface area contributed by atoms with Gasteiger partial charge in [0.05, 0.1) is 5.71 Å². The summed E-state index contributed by atoms with van der Waals surface area (Å²) in [5, 5.41) is 6.29.